The maximum Gasteiger partial charge on any atom is 0.325 e. The van der Waals surface area contributed by atoms with Crippen LogP contribution < -0.4 is 5.32 Å². The lowest BCUT2D eigenvalue weighted by molar-refractivity contribution is -0.120. The molecule has 1 aromatic rings. The number of carbonyl (C=O) groups is 1. The van der Waals surface area contributed by atoms with E-state index in [9.17, 15) is 9.36 Å². The van der Waals surface area contributed by atoms with E-state index in [0.29, 0.717) is 17.1 Å². The van der Waals surface area contributed by atoms with Crippen LogP contribution in [0.2, 0.25) is 5.02 Å². The van der Waals surface area contributed by atoms with Crippen LogP contribution in [-0.2, 0) is 9.36 Å². The number of benzene rings is 1. The Hall–Kier alpha value is -0.870. The first-order chi connectivity index (χ1) is 9.67. The maximum absolute atomic E-state index is 12.3. The predicted molar refractivity (Wildman–Crippen MR) is 84.6 cm³/mol. The van der Waals surface area contributed by atoms with E-state index >= 15 is 0 Å². The Labute approximate surface area is 129 Å². The standard InChI is InChI=1S/C14H21ClNO4P/c1-10(2)9-11(7-8-21(18,19)20)14(17)16-13-5-3-12(15)4-6-13/h3-6,10-11H,7-9H2,1-2H3,(H,16,17)(H2,18,19,20). The molecule has 0 aromatic heterocycles. The Morgan fingerprint density at radius 3 is 2.33 bits per heavy atom. The number of carbonyl (C=O) groups excluding carboxylic acids is 1. The van der Waals surface area contributed by atoms with Crippen LogP contribution in [0.3, 0.4) is 0 Å². The molecule has 1 aromatic carbocycles. The Morgan fingerprint density at radius 2 is 1.86 bits per heavy atom. The summed E-state index contributed by atoms with van der Waals surface area (Å²) in [7, 11) is -4.09. The zero-order valence-electron chi connectivity index (χ0n) is 12.1. The van der Waals surface area contributed by atoms with Gasteiger partial charge >= 0.3 is 7.60 Å². The first kappa shape index (κ1) is 18.2. The molecule has 3 N–H and O–H groups in total. The van der Waals surface area contributed by atoms with Crippen LogP contribution in [0.4, 0.5) is 5.69 Å². The molecule has 0 saturated carbocycles. The number of hydrogen-bond acceptors (Lipinski definition) is 2. The molecule has 5 nitrogen and oxygen atoms in total. The zero-order chi connectivity index (χ0) is 16.0. The van der Waals surface area contributed by atoms with E-state index < -0.39 is 13.5 Å². The summed E-state index contributed by atoms with van der Waals surface area (Å²) in [4.78, 5) is 30.2. The molecular weight excluding hydrogens is 313 g/mol. The van der Waals surface area contributed by atoms with Crippen molar-refractivity contribution in [2.45, 2.75) is 26.7 Å². The van der Waals surface area contributed by atoms with Crippen LogP contribution in [0.5, 0.6) is 0 Å². The van der Waals surface area contributed by atoms with Crippen LogP contribution in [0.25, 0.3) is 0 Å². The first-order valence-electron chi connectivity index (χ1n) is 6.78. The molecule has 7 heteroatoms. The van der Waals surface area contributed by atoms with E-state index in [1.54, 1.807) is 24.3 Å². The van der Waals surface area contributed by atoms with E-state index in [1.165, 1.54) is 0 Å². The molecule has 0 bridgehead atoms. The van der Waals surface area contributed by atoms with Crippen LogP contribution in [0.1, 0.15) is 26.7 Å². The van der Waals surface area contributed by atoms with Crippen molar-refractivity contribution in [3.05, 3.63) is 29.3 Å². The monoisotopic (exact) mass is 333 g/mol. The number of halogens is 1. The second-order valence-corrected chi connectivity index (χ2v) is 7.71. The van der Waals surface area contributed by atoms with Gasteiger partial charge in [0.05, 0.1) is 6.16 Å². The summed E-state index contributed by atoms with van der Waals surface area (Å²) in [5, 5.41) is 3.34. The fraction of sp³-hybridized carbons (Fsp3) is 0.500. The summed E-state index contributed by atoms with van der Waals surface area (Å²) in [6.07, 6.45) is 0.472. The molecule has 0 heterocycles. The molecule has 0 saturated heterocycles. The first-order valence-corrected chi connectivity index (χ1v) is 8.96. The summed E-state index contributed by atoms with van der Waals surface area (Å²) in [6.45, 7) is 3.94. The fourth-order valence-electron chi connectivity index (χ4n) is 2.03. The van der Waals surface area contributed by atoms with Gasteiger partial charge in [0.1, 0.15) is 0 Å². The average Bonchev–Trinajstić information content (AvgIpc) is 2.35. The smallest absolute Gasteiger partial charge is 0.325 e. The number of rotatable bonds is 7. The third kappa shape index (κ3) is 7.63. The molecular formula is C14H21ClNO4P. The molecule has 0 spiro atoms. The van der Waals surface area contributed by atoms with Gasteiger partial charge < -0.3 is 15.1 Å². The Morgan fingerprint density at radius 1 is 1.29 bits per heavy atom. The Kier molecular flexibility index (Phi) is 6.88. The van der Waals surface area contributed by atoms with Crippen molar-refractivity contribution >= 4 is 30.8 Å². The van der Waals surface area contributed by atoms with Gasteiger partial charge in [-0.25, -0.2) is 0 Å². The lowest BCUT2D eigenvalue weighted by Crippen LogP contribution is -2.25. The second kappa shape index (κ2) is 7.95. The van der Waals surface area contributed by atoms with E-state index in [4.69, 9.17) is 21.4 Å². The quantitative estimate of drug-likeness (QED) is 0.666. The van der Waals surface area contributed by atoms with Crippen molar-refractivity contribution in [1.82, 2.24) is 0 Å². The lowest BCUT2D eigenvalue weighted by atomic mass is 9.94. The fourth-order valence-corrected chi connectivity index (χ4v) is 2.80. The van der Waals surface area contributed by atoms with E-state index in [1.807, 2.05) is 13.8 Å². The maximum atomic E-state index is 12.3. The van der Waals surface area contributed by atoms with E-state index in [-0.39, 0.29) is 24.4 Å². The van der Waals surface area contributed by atoms with Crippen molar-refractivity contribution in [1.29, 1.82) is 0 Å². The predicted octanol–water partition coefficient (Wildman–Crippen LogP) is 3.51. The summed E-state index contributed by atoms with van der Waals surface area (Å²) in [5.74, 6) is -0.379. The van der Waals surface area contributed by atoms with Crippen molar-refractivity contribution in [3.63, 3.8) is 0 Å². The molecule has 0 fully saturated rings. The molecule has 1 amide bonds. The molecule has 1 unspecified atom stereocenters. The minimum Gasteiger partial charge on any atom is -0.326 e. The van der Waals surface area contributed by atoms with Gasteiger partial charge in [0.15, 0.2) is 0 Å². The normalized spacial score (nSPS) is 13.2. The van der Waals surface area contributed by atoms with Gasteiger partial charge in [-0.2, -0.15) is 0 Å². The zero-order valence-corrected chi connectivity index (χ0v) is 13.8. The van der Waals surface area contributed by atoms with Crippen LogP contribution in [0, 0.1) is 11.8 Å². The van der Waals surface area contributed by atoms with Gasteiger partial charge in [-0.15, -0.1) is 0 Å². The molecule has 1 rings (SSSR count). The van der Waals surface area contributed by atoms with E-state index in [0.717, 1.165) is 0 Å². The van der Waals surface area contributed by atoms with Gasteiger partial charge in [-0.3, -0.25) is 9.36 Å². The summed E-state index contributed by atoms with van der Waals surface area (Å²) >= 11 is 5.78. The number of hydrogen-bond donors (Lipinski definition) is 3. The third-order valence-electron chi connectivity index (χ3n) is 3.01. The van der Waals surface area contributed by atoms with Crippen LogP contribution in [0.15, 0.2) is 24.3 Å². The highest BCUT2D eigenvalue weighted by atomic mass is 35.5. The molecule has 0 aliphatic heterocycles. The molecule has 0 radical (unpaired) electrons. The highest BCUT2D eigenvalue weighted by Crippen LogP contribution is 2.37. The van der Waals surface area contributed by atoms with Crippen molar-refractivity contribution in [3.8, 4) is 0 Å². The van der Waals surface area contributed by atoms with Crippen molar-refractivity contribution in [2.24, 2.45) is 11.8 Å². The highest BCUT2D eigenvalue weighted by Gasteiger charge is 2.24. The topological polar surface area (TPSA) is 86.6 Å². The number of amides is 1. The molecule has 118 valence electrons. The largest absolute Gasteiger partial charge is 0.326 e. The van der Waals surface area contributed by atoms with Gasteiger partial charge in [0.25, 0.3) is 0 Å². The minimum absolute atomic E-state index is 0.169. The third-order valence-corrected chi connectivity index (χ3v) is 4.10. The molecule has 1 atom stereocenters. The summed E-state index contributed by atoms with van der Waals surface area (Å²) in [5.41, 5.74) is 0.620. The average molecular weight is 334 g/mol. The van der Waals surface area contributed by atoms with Gasteiger partial charge in [0, 0.05) is 16.6 Å². The molecule has 0 aliphatic rings. The van der Waals surface area contributed by atoms with Crippen LogP contribution >= 0.6 is 19.2 Å². The van der Waals surface area contributed by atoms with E-state index in [2.05, 4.69) is 5.32 Å². The van der Waals surface area contributed by atoms with Gasteiger partial charge in [-0.05, 0) is 43.0 Å². The summed E-state index contributed by atoms with van der Waals surface area (Å²) < 4.78 is 11.0. The number of anilines is 1. The Bertz CT molecular complexity index is 512. The molecule has 0 aliphatic carbocycles. The van der Waals surface area contributed by atoms with Gasteiger partial charge in [0.2, 0.25) is 5.91 Å². The Balaban J connectivity index is 2.70. The SMILES string of the molecule is CC(C)CC(CCP(=O)(O)O)C(=O)Nc1ccc(Cl)cc1. The summed E-state index contributed by atoms with van der Waals surface area (Å²) in [6, 6.07) is 6.72. The lowest BCUT2D eigenvalue weighted by Gasteiger charge is -2.19. The minimum atomic E-state index is -4.09. The molecule has 21 heavy (non-hydrogen) atoms. The number of nitrogens with one attached hydrogen (secondary N) is 1. The van der Waals surface area contributed by atoms with Crippen molar-refractivity contribution in [2.75, 3.05) is 11.5 Å². The highest BCUT2D eigenvalue weighted by molar-refractivity contribution is 7.51. The second-order valence-electron chi connectivity index (χ2n) is 5.50. The van der Waals surface area contributed by atoms with Crippen LogP contribution in [-0.4, -0.2) is 21.9 Å². The van der Waals surface area contributed by atoms with Crippen molar-refractivity contribution < 1.29 is 19.1 Å². The van der Waals surface area contributed by atoms with Gasteiger partial charge in [-0.1, -0.05) is 25.4 Å².